The summed E-state index contributed by atoms with van der Waals surface area (Å²) in [6.07, 6.45) is 1.33. The third-order valence-electron chi connectivity index (χ3n) is 3.98. The first-order valence-corrected chi connectivity index (χ1v) is 7.21. The van der Waals surface area contributed by atoms with Crippen molar-refractivity contribution in [2.24, 2.45) is 5.73 Å². The van der Waals surface area contributed by atoms with Crippen LogP contribution in [0, 0.1) is 0 Å². The highest BCUT2D eigenvalue weighted by Crippen LogP contribution is 2.21. The third-order valence-corrected chi connectivity index (χ3v) is 3.98. The van der Waals surface area contributed by atoms with Crippen LogP contribution in [0.25, 0.3) is 0 Å². The summed E-state index contributed by atoms with van der Waals surface area (Å²) in [5.74, 6) is 0.0789. The molecule has 7 heteroatoms. The molecular weight excluding hydrogens is 260 g/mol. The maximum Gasteiger partial charge on any atom is 0.251 e. The number of nitrogens with one attached hydrogen (secondary N) is 1. The molecule has 7 nitrogen and oxygen atoms in total. The van der Waals surface area contributed by atoms with Gasteiger partial charge in [0.1, 0.15) is 6.10 Å². The van der Waals surface area contributed by atoms with E-state index >= 15 is 0 Å². The molecule has 2 heterocycles. The van der Waals surface area contributed by atoms with Crippen molar-refractivity contribution < 1.29 is 14.3 Å². The van der Waals surface area contributed by atoms with Crippen LogP contribution in [-0.4, -0.2) is 80.1 Å². The standard InChI is InChI=1S/C13H24N4O3/c1-15-12(18)9-16-4-6-17(7-5-16)13(19)11-3-2-10(8-14)20-11/h10-11H,2-9,14H2,1H3,(H,15,18). The number of hydrogen-bond donors (Lipinski definition) is 2. The lowest BCUT2D eigenvalue weighted by atomic mass is 10.1. The van der Waals surface area contributed by atoms with Crippen LogP contribution < -0.4 is 11.1 Å². The van der Waals surface area contributed by atoms with Gasteiger partial charge in [0.25, 0.3) is 5.91 Å². The molecule has 0 spiro atoms. The van der Waals surface area contributed by atoms with Gasteiger partial charge in [-0.05, 0) is 12.8 Å². The lowest BCUT2D eigenvalue weighted by Crippen LogP contribution is -2.53. The van der Waals surface area contributed by atoms with E-state index < -0.39 is 0 Å². The number of carbonyl (C=O) groups is 2. The molecule has 2 amide bonds. The van der Waals surface area contributed by atoms with Gasteiger partial charge in [-0.1, -0.05) is 0 Å². The van der Waals surface area contributed by atoms with Crippen molar-refractivity contribution in [3.63, 3.8) is 0 Å². The number of amides is 2. The number of piperazine rings is 1. The minimum Gasteiger partial charge on any atom is -0.364 e. The second kappa shape index (κ2) is 7.01. The fraction of sp³-hybridized carbons (Fsp3) is 0.846. The molecule has 114 valence electrons. The van der Waals surface area contributed by atoms with Crippen molar-refractivity contribution >= 4 is 11.8 Å². The highest BCUT2D eigenvalue weighted by atomic mass is 16.5. The molecule has 2 rings (SSSR count). The lowest BCUT2D eigenvalue weighted by Gasteiger charge is -2.35. The SMILES string of the molecule is CNC(=O)CN1CCN(C(=O)C2CCC(CN)O2)CC1. The first-order chi connectivity index (χ1) is 9.63. The van der Waals surface area contributed by atoms with E-state index in [1.165, 1.54) is 0 Å². The fourth-order valence-electron chi connectivity index (χ4n) is 2.67. The predicted octanol–water partition coefficient (Wildman–Crippen LogP) is -1.62. The lowest BCUT2D eigenvalue weighted by molar-refractivity contribution is -0.144. The highest BCUT2D eigenvalue weighted by Gasteiger charge is 2.34. The summed E-state index contributed by atoms with van der Waals surface area (Å²) in [4.78, 5) is 27.5. The molecule has 2 saturated heterocycles. The summed E-state index contributed by atoms with van der Waals surface area (Å²) in [5.41, 5.74) is 5.56. The van der Waals surface area contributed by atoms with E-state index in [9.17, 15) is 9.59 Å². The van der Waals surface area contributed by atoms with Gasteiger partial charge in [-0.25, -0.2) is 0 Å². The fourth-order valence-corrected chi connectivity index (χ4v) is 2.67. The molecule has 2 aliphatic heterocycles. The zero-order valence-electron chi connectivity index (χ0n) is 12.0. The Kier molecular flexibility index (Phi) is 5.33. The molecule has 2 fully saturated rings. The topological polar surface area (TPSA) is 87.9 Å². The van der Waals surface area contributed by atoms with E-state index in [2.05, 4.69) is 10.2 Å². The molecule has 0 aliphatic carbocycles. The van der Waals surface area contributed by atoms with Gasteiger partial charge in [-0.3, -0.25) is 14.5 Å². The van der Waals surface area contributed by atoms with E-state index in [1.807, 2.05) is 4.90 Å². The van der Waals surface area contributed by atoms with Crippen LogP contribution in [-0.2, 0) is 14.3 Å². The first kappa shape index (κ1) is 15.2. The van der Waals surface area contributed by atoms with Crippen molar-refractivity contribution in [3.8, 4) is 0 Å². The van der Waals surface area contributed by atoms with Crippen LogP contribution in [0.3, 0.4) is 0 Å². The average molecular weight is 284 g/mol. The number of nitrogens with two attached hydrogens (primary N) is 1. The summed E-state index contributed by atoms with van der Waals surface area (Å²) < 4.78 is 5.64. The molecule has 0 aromatic rings. The van der Waals surface area contributed by atoms with Crippen molar-refractivity contribution in [2.45, 2.75) is 25.0 Å². The van der Waals surface area contributed by atoms with E-state index in [0.29, 0.717) is 26.2 Å². The largest absolute Gasteiger partial charge is 0.364 e. The second-order valence-electron chi connectivity index (χ2n) is 5.33. The van der Waals surface area contributed by atoms with Gasteiger partial charge < -0.3 is 20.7 Å². The van der Waals surface area contributed by atoms with Crippen molar-refractivity contribution in [3.05, 3.63) is 0 Å². The van der Waals surface area contributed by atoms with Crippen LogP contribution in [0.5, 0.6) is 0 Å². The number of hydrogen-bond acceptors (Lipinski definition) is 5. The van der Waals surface area contributed by atoms with Crippen molar-refractivity contribution in [1.29, 1.82) is 0 Å². The van der Waals surface area contributed by atoms with Crippen LogP contribution in [0.1, 0.15) is 12.8 Å². The Hall–Kier alpha value is -1.18. The maximum absolute atomic E-state index is 12.3. The Balaban J connectivity index is 1.76. The quantitative estimate of drug-likeness (QED) is 0.648. The van der Waals surface area contributed by atoms with E-state index in [4.69, 9.17) is 10.5 Å². The summed E-state index contributed by atoms with van der Waals surface area (Å²) >= 11 is 0. The summed E-state index contributed by atoms with van der Waals surface area (Å²) in [6.45, 7) is 3.64. The minimum atomic E-state index is -0.325. The minimum absolute atomic E-state index is 0.00897. The number of rotatable bonds is 4. The van der Waals surface area contributed by atoms with Crippen LogP contribution in [0.4, 0.5) is 0 Å². The molecule has 2 aliphatic rings. The van der Waals surface area contributed by atoms with E-state index in [1.54, 1.807) is 7.05 Å². The monoisotopic (exact) mass is 284 g/mol. The summed E-state index contributed by atoms with van der Waals surface area (Å²) in [6, 6.07) is 0. The summed E-state index contributed by atoms with van der Waals surface area (Å²) in [5, 5.41) is 2.61. The molecule has 0 aromatic heterocycles. The Morgan fingerprint density at radius 1 is 1.25 bits per heavy atom. The Labute approximate surface area is 119 Å². The number of ether oxygens (including phenoxy) is 1. The predicted molar refractivity (Wildman–Crippen MR) is 74.0 cm³/mol. The van der Waals surface area contributed by atoms with Gasteiger partial charge in [0.15, 0.2) is 0 Å². The van der Waals surface area contributed by atoms with E-state index in [-0.39, 0.29) is 24.0 Å². The van der Waals surface area contributed by atoms with Gasteiger partial charge >= 0.3 is 0 Å². The van der Waals surface area contributed by atoms with Gasteiger partial charge in [-0.2, -0.15) is 0 Å². The highest BCUT2D eigenvalue weighted by molar-refractivity contribution is 5.81. The second-order valence-corrected chi connectivity index (χ2v) is 5.33. The van der Waals surface area contributed by atoms with Gasteiger partial charge in [0.2, 0.25) is 5.91 Å². The molecule has 0 aromatic carbocycles. The first-order valence-electron chi connectivity index (χ1n) is 7.21. The Morgan fingerprint density at radius 2 is 1.95 bits per heavy atom. The molecule has 2 atom stereocenters. The summed E-state index contributed by atoms with van der Waals surface area (Å²) in [7, 11) is 1.63. The van der Waals surface area contributed by atoms with Gasteiger partial charge in [0, 0.05) is 39.8 Å². The van der Waals surface area contributed by atoms with Gasteiger partial charge in [0.05, 0.1) is 12.6 Å². The Bertz CT molecular complexity index is 356. The molecule has 0 bridgehead atoms. The Morgan fingerprint density at radius 3 is 2.50 bits per heavy atom. The van der Waals surface area contributed by atoms with Crippen molar-refractivity contribution in [2.75, 3.05) is 46.3 Å². The van der Waals surface area contributed by atoms with E-state index in [0.717, 1.165) is 25.9 Å². The average Bonchev–Trinajstić information content (AvgIpc) is 2.96. The third kappa shape index (κ3) is 3.68. The number of nitrogens with zero attached hydrogens (tertiary/aromatic N) is 2. The smallest absolute Gasteiger partial charge is 0.251 e. The number of likely N-dealkylation sites (N-methyl/N-ethyl adjacent to an activating group) is 1. The van der Waals surface area contributed by atoms with Crippen LogP contribution in [0.2, 0.25) is 0 Å². The maximum atomic E-state index is 12.3. The zero-order valence-corrected chi connectivity index (χ0v) is 12.0. The molecule has 20 heavy (non-hydrogen) atoms. The molecule has 2 unspecified atom stereocenters. The van der Waals surface area contributed by atoms with Crippen molar-refractivity contribution in [1.82, 2.24) is 15.1 Å². The zero-order chi connectivity index (χ0) is 14.5. The normalized spacial score (nSPS) is 27.6. The number of carbonyl (C=O) groups excluding carboxylic acids is 2. The van der Waals surface area contributed by atoms with Crippen LogP contribution >= 0.6 is 0 Å². The molecule has 3 N–H and O–H groups in total. The molecular formula is C13H24N4O3. The molecule has 0 radical (unpaired) electrons. The van der Waals surface area contributed by atoms with Gasteiger partial charge in [-0.15, -0.1) is 0 Å². The van der Waals surface area contributed by atoms with Crippen LogP contribution in [0.15, 0.2) is 0 Å². The molecule has 0 saturated carbocycles.